The number of hydrogen-bond donors (Lipinski definition) is 0. The van der Waals surface area contributed by atoms with Crippen molar-refractivity contribution < 1.29 is 0 Å². The van der Waals surface area contributed by atoms with Gasteiger partial charge in [-0.1, -0.05) is 273 Å². The Morgan fingerprint density at radius 2 is 0.413 bits per heavy atom. The van der Waals surface area contributed by atoms with Crippen LogP contribution in [0.2, 0.25) is 0 Å². The van der Waals surface area contributed by atoms with Crippen molar-refractivity contribution in [3.8, 4) is 67.3 Å². The summed E-state index contributed by atoms with van der Waals surface area (Å²) in [6.45, 7) is 0. The maximum Gasteiger partial charge on any atom is 0.0547 e. The molecule has 0 fully saturated rings. The molecule has 0 atom stereocenters. The lowest BCUT2D eigenvalue weighted by molar-refractivity contribution is 1.18. The topological polar surface area (TPSA) is 19.7 Å². The molecule has 104 heavy (non-hydrogen) atoms. The molecule has 0 amide bonds. The van der Waals surface area contributed by atoms with Gasteiger partial charge in [-0.15, -0.1) is 0 Å². The van der Waals surface area contributed by atoms with Crippen molar-refractivity contribution in [3.63, 3.8) is 0 Å². The van der Waals surface area contributed by atoms with E-state index in [1.54, 1.807) is 0 Å². The van der Waals surface area contributed by atoms with E-state index in [0.29, 0.717) is 0 Å². The second kappa shape index (κ2) is 24.0. The number of aromatic nitrogens is 4. The molecule has 0 radical (unpaired) electrons. The molecule has 0 aliphatic carbocycles. The minimum Gasteiger partial charge on any atom is -0.309 e. The molecule has 0 spiro atoms. The molecule has 0 saturated carbocycles. The van der Waals surface area contributed by atoms with Crippen LogP contribution in [-0.2, 0) is 0 Å². The van der Waals surface area contributed by atoms with E-state index in [9.17, 15) is 0 Å². The average molecular weight is 1320 g/mol. The number of hydrogen-bond acceptors (Lipinski definition) is 0. The van der Waals surface area contributed by atoms with Gasteiger partial charge in [0, 0.05) is 65.8 Å². The summed E-state index contributed by atoms with van der Waals surface area (Å²) in [4.78, 5) is 0. The second-order valence-corrected chi connectivity index (χ2v) is 27.6. The van der Waals surface area contributed by atoms with Gasteiger partial charge in [0.2, 0.25) is 0 Å². The molecule has 4 aromatic heterocycles. The summed E-state index contributed by atoms with van der Waals surface area (Å²) in [7, 11) is 0. The molecule has 0 aliphatic rings. The van der Waals surface area contributed by atoms with Crippen molar-refractivity contribution in [2.24, 2.45) is 0 Å². The summed E-state index contributed by atoms with van der Waals surface area (Å²) < 4.78 is 9.67. The number of rotatable bonds is 8. The summed E-state index contributed by atoms with van der Waals surface area (Å²) in [5.74, 6) is 0. The highest BCUT2D eigenvalue weighted by Gasteiger charge is 2.21. The van der Waals surface area contributed by atoms with Crippen LogP contribution in [0.5, 0.6) is 0 Å². The lowest BCUT2D eigenvalue weighted by atomic mass is 9.97. The Hall–Kier alpha value is -13.8. The molecule has 4 heterocycles. The molecule has 0 aliphatic heterocycles. The average Bonchev–Trinajstić information content (AvgIpc) is 1.58. The van der Waals surface area contributed by atoms with Gasteiger partial charge < -0.3 is 18.3 Å². The van der Waals surface area contributed by atoms with Crippen molar-refractivity contribution in [2.75, 3.05) is 0 Å². The molecule has 22 aromatic rings. The van der Waals surface area contributed by atoms with Crippen LogP contribution in [0, 0.1) is 0 Å². The van der Waals surface area contributed by atoms with Crippen LogP contribution >= 0.6 is 0 Å². The zero-order valence-corrected chi connectivity index (χ0v) is 56.7. The summed E-state index contributed by atoms with van der Waals surface area (Å²) >= 11 is 0. The van der Waals surface area contributed by atoms with Crippen molar-refractivity contribution >= 4 is 130 Å². The van der Waals surface area contributed by atoms with Crippen LogP contribution in [0.1, 0.15) is 0 Å². The Balaban J connectivity index is 0.000000134. The molecule has 4 nitrogen and oxygen atoms in total. The van der Waals surface area contributed by atoms with Crippen LogP contribution in [0.4, 0.5) is 0 Å². The third-order valence-electron chi connectivity index (χ3n) is 21.8. The van der Waals surface area contributed by atoms with Gasteiger partial charge in [0.05, 0.1) is 44.1 Å². The predicted octanol–water partition coefficient (Wildman–Crippen LogP) is 27.0. The summed E-state index contributed by atoms with van der Waals surface area (Å²) in [5.41, 5.74) is 24.1. The molecule has 0 unspecified atom stereocenters. The SMILES string of the molecule is c1ccc(-c2ccc(-n3c4ccccc4c4cc(-c5ccc6ccc7c(c6c5)c5ccccc5n7-c5ccc6ccccc6c5)ccc43)cc2)cc1.c1ccc(-c2ccc(-n3c4ccccc4c4ccc(-c5ccc6ccc7c(c6c5)c5ccccc5n7-c5ccc6ccccc6c5)cc43)cc2)cc1. The quantitative estimate of drug-likeness (QED) is 0.144. The van der Waals surface area contributed by atoms with Crippen LogP contribution in [0.25, 0.3) is 198 Å². The fourth-order valence-electron chi connectivity index (χ4n) is 16.8. The van der Waals surface area contributed by atoms with Crippen molar-refractivity contribution in [1.82, 2.24) is 18.3 Å². The van der Waals surface area contributed by atoms with Gasteiger partial charge in [0.15, 0.2) is 0 Å². The summed E-state index contributed by atoms with van der Waals surface area (Å²) in [6.07, 6.45) is 0. The Labute approximate surface area is 600 Å². The van der Waals surface area contributed by atoms with E-state index >= 15 is 0 Å². The summed E-state index contributed by atoms with van der Waals surface area (Å²) in [6, 6.07) is 142. The number of para-hydroxylation sites is 4. The highest BCUT2D eigenvalue weighted by atomic mass is 15.0. The van der Waals surface area contributed by atoms with Gasteiger partial charge >= 0.3 is 0 Å². The zero-order valence-electron chi connectivity index (χ0n) is 56.7. The maximum absolute atomic E-state index is 2.43. The first-order chi connectivity index (χ1) is 51.6. The standard InChI is InChI=1S/2C50H32N2/c1-2-10-33(11-3-1)35-20-25-40(26-21-35)51-46-16-8-6-14-42(46)45-32-39(24-28-48(45)51)38-19-18-36-23-29-49-50(44(36)31-38)43-15-7-9-17-47(43)52(49)41-27-22-34-12-4-5-13-37(34)30-41;1-2-10-33(11-3-1)35-20-25-40(26-21-35)51-46-16-8-6-14-42(46)43-28-23-39(32-49(43)51)38-19-18-36-24-29-48-50(45(36)31-38)44-15-7-9-17-47(44)52(48)41-27-22-34-12-4-5-13-37(34)30-41/h2*1-32H. The molecule has 22 rings (SSSR count). The van der Waals surface area contributed by atoms with E-state index in [4.69, 9.17) is 0 Å². The first kappa shape index (κ1) is 59.1. The first-order valence-corrected chi connectivity index (χ1v) is 35.9. The second-order valence-electron chi connectivity index (χ2n) is 27.6. The minimum absolute atomic E-state index is 1.16. The Morgan fingerprint density at radius 3 is 0.904 bits per heavy atom. The highest BCUT2D eigenvalue weighted by Crippen LogP contribution is 2.44. The van der Waals surface area contributed by atoms with Crippen molar-refractivity contribution in [1.29, 1.82) is 0 Å². The molecule has 0 N–H and O–H groups in total. The third-order valence-corrected chi connectivity index (χ3v) is 21.8. The van der Waals surface area contributed by atoms with Gasteiger partial charge in [-0.05, 0) is 203 Å². The van der Waals surface area contributed by atoms with Crippen LogP contribution in [-0.4, -0.2) is 18.3 Å². The zero-order chi connectivity index (χ0) is 68.3. The van der Waals surface area contributed by atoms with Crippen LogP contribution < -0.4 is 0 Å². The third kappa shape index (κ3) is 9.61. The van der Waals surface area contributed by atoms with E-state index in [-0.39, 0.29) is 0 Å². The molecular weight excluding hydrogens is 1260 g/mol. The van der Waals surface area contributed by atoms with E-state index in [1.807, 2.05) is 0 Å². The lowest BCUT2D eigenvalue weighted by Gasteiger charge is -2.11. The lowest BCUT2D eigenvalue weighted by Crippen LogP contribution is -1.94. The highest BCUT2D eigenvalue weighted by molar-refractivity contribution is 6.24. The summed E-state index contributed by atoms with van der Waals surface area (Å²) in [5, 5.41) is 20.2. The first-order valence-electron chi connectivity index (χ1n) is 35.9. The predicted molar refractivity (Wildman–Crippen MR) is 442 cm³/mol. The van der Waals surface area contributed by atoms with Crippen LogP contribution in [0.15, 0.2) is 388 Å². The fourth-order valence-corrected chi connectivity index (χ4v) is 16.8. The normalized spacial score (nSPS) is 11.8. The Kier molecular flexibility index (Phi) is 13.6. The molecule has 4 heteroatoms. The Morgan fingerprint density at radius 1 is 0.125 bits per heavy atom. The van der Waals surface area contributed by atoms with E-state index in [1.165, 1.54) is 186 Å². The van der Waals surface area contributed by atoms with Crippen molar-refractivity contribution in [3.05, 3.63) is 388 Å². The monoisotopic (exact) mass is 1320 g/mol. The van der Waals surface area contributed by atoms with Gasteiger partial charge in [-0.25, -0.2) is 0 Å². The number of nitrogens with zero attached hydrogens (tertiary/aromatic N) is 4. The number of fused-ring (bicyclic) bond motifs is 18. The largest absolute Gasteiger partial charge is 0.309 e. The van der Waals surface area contributed by atoms with Crippen molar-refractivity contribution in [2.45, 2.75) is 0 Å². The minimum atomic E-state index is 1.16. The fraction of sp³-hybridized carbons (Fsp3) is 0. The smallest absolute Gasteiger partial charge is 0.0547 e. The van der Waals surface area contributed by atoms with E-state index in [2.05, 4.69) is 407 Å². The van der Waals surface area contributed by atoms with Gasteiger partial charge in [0.25, 0.3) is 0 Å². The van der Waals surface area contributed by atoms with Crippen LogP contribution in [0.3, 0.4) is 0 Å². The van der Waals surface area contributed by atoms with Gasteiger partial charge in [-0.3, -0.25) is 0 Å². The van der Waals surface area contributed by atoms with Gasteiger partial charge in [0.1, 0.15) is 0 Å². The molecule has 18 aromatic carbocycles. The number of benzene rings is 18. The molecule has 0 bridgehead atoms. The maximum atomic E-state index is 2.43. The van der Waals surface area contributed by atoms with E-state index < -0.39 is 0 Å². The Bertz CT molecular complexity index is 7180. The van der Waals surface area contributed by atoms with E-state index in [0.717, 1.165) is 11.4 Å². The van der Waals surface area contributed by atoms with Gasteiger partial charge in [-0.2, -0.15) is 0 Å². The molecule has 484 valence electrons. The molecular formula is C100H64N4. The molecule has 0 saturated heterocycles.